The predicted molar refractivity (Wildman–Crippen MR) is 78.2 cm³/mol. The van der Waals surface area contributed by atoms with Gasteiger partial charge in [-0.05, 0) is 31.6 Å². The van der Waals surface area contributed by atoms with E-state index in [9.17, 15) is 18.0 Å². The number of sulfonamides is 1. The molecule has 0 aromatic heterocycles. The molecule has 0 aromatic rings. The number of hydrogen-bond donors (Lipinski definition) is 2. The molecular formula is C13H25NO6S. The van der Waals surface area contributed by atoms with Crippen LogP contribution in [-0.2, 0) is 24.3 Å². The number of carboxylic acid groups (broad SMARTS) is 1. The zero-order valence-corrected chi connectivity index (χ0v) is 13.6. The Morgan fingerprint density at radius 2 is 1.86 bits per heavy atom. The molecule has 8 heteroatoms. The van der Waals surface area contributed by atoms with Gasteiger partial charge in [-0.2, -0.15) is 0 Å². The van der Waals surface area contributed by atoms with Crippen molar-refractivity contribution in [3.63, 3.8) is 0 Å². The van der Waals surface area contributed by atoms with E-state index in [-0.39, 0.29) is 31.4 Å². The molecule has 124 valence electrons. The highest BCUT2D eigenvalue weighted by Crippen LogP contribution is 2.20. The van der Waals surface area contributed by atoms with Crippen molar-refractivity contribution < 1.29 is 27.9 Å². The summed E-state index contributed by atoms with van der Waals surface area (Å²) < 4.78 is 30.2. The molecule has 0 amide bonds. The Bertz CT molecular complexity index is 432. The molecule has 0 rings (SSSR count). The van der Waals surface area contributed by atoms with E-state index in [1.165, 1.54) is 0 Å². The average Bonchev–Trinajstić information content (AvgIpc) is 2.32. The Kier molecular flexibility index (Phi) is 9.19. The zero-order valence-electron chi connectivity index (χ0n) is 12.8. The lowest BCUT2D eigenvalue weighted by Crippen LogP contribution is -2.33. The number of carbonyl (C=O) groups excluding carboxylic acids is 1. The first-order chi connectivity index (χ1) is 9.68. The van der Waals surface area contributed by atoms with Gasteiger partial charge in [0.05, 0.1) is 6.61 Å². The van der Waals surface area contributed by atoms with Crippen molar-refractivity contribution >= 4 is 22.0 Å². The number of esters is 1. The quantitative estimate of drug-likeness (QED) is 0.549. The number of hydrogen-bond acceptors (Lipinski definition) is 5. The van der Waals surface area contributed by atoms with Crippen molar-refractivity contribution in [3.8, 4) is 0 Å². The maximum Gasteiger partial charge on any atom is 0.322 e. The van der Waals surface area contributed by atoms with Crippen LogP contribution < -0.4 is 4.72 Å². The van der Waals surface area contributed by atoms with E-state index in [2.05, 4.69) is 9.46 Å². The van der Waals surface area contributed by atoms with Gasteiger partial charge in [0, 0.05) is 13.0 Å². The molecule has 0 spiro atoms. The van der Waals surface area contributed by atoms with Gasteiger partial charge in [0.1, 0.15) is 0 Å². The van der Waals surface area contributed by atoms with E-state index in [1.807, 2.05) is 13.8 Å². The fourth-order valence-electron chi connectivity index (χ4n) is 1.93. The molecule has 0 saturated heterocycles. The molecule has 0 heterocycles. The third kappa shape index (κ3) is 10.3. The Balaban J connectivity index is 4.23. The highest BCUT2D eigenvalue weighted by molar-refractivity contribution is 7.90. The first-order valence-electron chi connectivity index (χ1n) is 7.02. The number of carbonyl (C=O) groups is 2. The van der Waals surface area contributed by atoms with Crippen molar-refractivity contribution in [2.45, 2.75) is 40.0 Å². The largest absolute Gasteiger partial charge is 0.481 e. The van der Waals surface area contributed by atoms with Crippen LogP contribution in [0.1, 0.15) is 40.0 Å². The first kappa shape index (κ1) is 19.9. The summed E-state index contributed by atoms with van der Waals surface area (Å²) in [7, 11) is -3.70. The van der Waals surface area contributed by atoms with E-state index in [4.69, 9.17) is 5.11 Å². The van der Waals surface area contributed by atoms with E-state index < -0.39 is 27.7 Å². The predicted octanol–water partition coefficient (Wildman–Crippen LogP) is 0.996. The minimum absolute atomic E-state index is 0.0679. The van der Waals surface area contributed by atoms with Crippen LogP contribution in [-0.4, -0.2) is 44.4 Å². The molecular weight excluding hydrogens is 298 g/mol. The van der Waals surface area contributed by atoms with Crippen LogP contribution in [0.4, 0.5) is 0 Å². The third-order valence-electron chi connectivity index (χ3n) is 3.12. The van der Waals surface area contributed by atoms with Gasteiger partial charge in [-0.1, -0.05) is 13.8 Å². The van der Waals surface area contributed by atoms with Crippen LogP contribution in [0, 0.1) is 11.8 Å². The van der Waals surface area contributed by atoms with Gasteiger partial charge in [0.2, 0.25) is 10.0 Å². The lowest BCUT2D eigenvalue weighted by atomic mass is 9.88. The monoisotopic (exact) mass is 323 g/mol. The molecule has 0 fully saturated rings. The summed E-state index contributed by atoms with van der Waals surface area (Å²) in [5.41, 5.74) is 0. The van der Waals surface area contributed by atoms with Crippen molar-refractivity contribution in [3.05, 3.63) is 0 Å². The third-order valence-corrected chi connectivity index (χ3v) is 4.38. The normalized spacial score (nSPS) is 13.1. The summed E-state index contributed by atoms with van der Waals surface area (Å²) in [6.07, 6.45) is 1.11. The molecule has 2 N–H and O–H groups in total. The number of ether oxygens (including phenoxy) is 1. The maximum absolute atomic E-state index is 11.6. The Morgan fingerprint density at radius 1 is 1.24 bits per heavy atom. The molecule has 0 aromatic carbocycles. The van der Waals surface area contributed by atoms with Crippen LogP contribution >= 0.6 is 0 Å². The van der Waals surface area contributed by atoms with Crippen molar-refractivity contribution in [1.82, 2.24) is 4.72 Å². The smallest absolute Gasteiger partial charge is 0.322 e. The standard InChI is InChI=1S/C13H25NO6S/c1-4-20-13(17)9-21(18,19)14-8-7-11(10(2)3)5-6-12(15)16/h10-11,14H,4-9H2,1-3H3,(H,15,16). The van der Waals surface area contributed by atoms with Gasteiger partial charge >= 0.3 is 11.9 Å². The summed E-state index contributed by atoms with van der Waals surface area (Å²) in [5.74, 6) is -1.95. The number of aliphatic carboxylic acids is 1. The Morgan fingerprint density at radius 3 is 2.33 bits per heavy atom. The summed E-state index contributed by atoms with van der Waals surface area (Å²) in [6, 6.07) is 0. The minimum atomic E-state index is -3.70. The van der Waals surface area contributed by atoms with Crippen LogP contribution in [0.3, 0.4) is 0 Å². The fraction of sp³-hybridized carbons (Fsp3) is 0.846. The lowest BCUT2D eigenvalue weighted by molar-refractivity contribution is -0.140. The van der Waals surface area contributed by atoms with Gasteiger partial charge in [-0.25, -0.2) is 13.1 Å². The second-order valence-corrected chi connectivity index (χ2v) is 6.99. The van der Waals surface area contributed by atoms with E-state index >= 15 is 0 Å². The van der Waals surface area contributed by atoms with Crippen LogP contribution in [0.15, 0.2) is 0 Å². The van der Waals surface area contributed by atoms with Gasteiger partial charge < -0.3 is 9.84 Å². The van der Waals surface area contributed by atoms with Crippen molar-refractivity contribution in [1.29, 1.82) is 0 Å². The summed E-state index contributed by atoms with van der Waals surface area (Å²) in [5, 5.41) is 8.69. The Labute approximate surface area is 126 Å². The Hall–Kier alpha value is -1.15. The molecule has 21 heavy (non-hydrogen) atoms. The van der Waals surface area contributed by atoms with Gasteiger partial charge in [0.25, 0.3) is 0 Å². The fourth-order valence-corrected chi connectivity index (χ4v) is 2.85. The molecule has 1 atom stereocenters. The van der Waals surface area contributed by atoms with Crippen molar-refractivity contribution in [2.75, 3.05) is 18.9 Å². The van der Waals surface area contributed by atoms with E-state index in [1.54, 1.807) is 6.92 Å². The highest BCUT2D eigenvalue weighted by Gasteiger charge is 2.19. The second kappa shape index (κ2) is 9.73. The van der Waals surface area contributed by atoms with Gasteiger partial charge in [0.15, 0.2) is 5.75 Å². The molecule has 1 unspecified atom stereocenters. The summed E-state index contributed by atoms with van der Waals surface area (Å²) in [4.78, 5) is 21.7. The van der Waals surface area contributed by atoms with Crippen LogP contribution in [0.5, 0.6) is 0 Å². The molecule has 0 saturated carbocycles. The van der Waals surface area contributed by atoms with E-state index in [0.717, 1.165) is 0 Å². The SMILES string of the molecule is CCOC(=O)CS(=O)(=O)NCCC(CCC(=O)O)C(C)C. The summed E-state index contributed by atoms with van der Waals surface area (Å²) in [6.45, 7) is 5.87. The summed E-state index contributed by atoms with van der Waals surface area (Å²) >= 11 is 0. The molecule has 0 bridgehead atoms. The second-order valence-electron chi connectivity index (χ2n) is 5.18. The zero-order chi connectivity index (χ0) is 16.5. The molecule has 0 aliphatic rings. The first-order valence-corrected chi connectivity index (χ1v) is 8.68. The molecule has 0 radical (unpaired) electrons. The van der Waals surface area contributed by atoms with Crippen LogP contribution in [0.2, 0.25) is 0 Å². The number of rotatable bonds is 11. The number of carboxylic acids is 1. The molecule has 0 aliphatic heterocycles. The topological polar surface area (TPSA) is 110 Å². The highest BCUT2D eigenvalue weighted by atomic mass is 32.2. The molecule has 0 aliphatic carbocycles. The van der Waals surface area contributed by atoms with Gasteiger partial charge in [-0.3, -0.25) is 9.59 Å². The average molecular weight is 323 g/mol. The lowest BCUT2D eigenvalue weighted by Gasteiger charge is -2.20. The van der Waals surface area contributed by atoms with Crippen LogP contribution in [0.25, 0.3) is 0 Å². The molecule has 7 nitrogen and oxygen atoms in total. The van der Waals surface area contributed by atoms with Crippen molar-refractivity contribution in [2.24, 2.45) is 11.8 Å². The maximum atomic E-state index is 11.6. The minimum Gasteiger partial charge on any atom is -0.481 e. The van der Waals surface area contributed by atoms with Gasteiger partial charge in [-0.15, -0.1) is 0 Å². The van der Waals surface area contributed by atoms with E-state index in [0.29, 0.717) is 12.8 Å². The number of nitrogens with one attached hydrogen (secondary N) is 1.